The SMILES string of the molecule is CCOC(=C=O)CC(NC(=O)Nc1ccc(OC)cc1)c1ccc(C(=O)Nc2ccccc2NC(=O)OC(C)(C)C)nc1. The van der Waals surface area contributed by atoms with E-state index >= 15 is 0 Å². The van der Waals surface area contributed by atoms with E-state index in [-0.39, 0.29) is 24.5 Å². The van der Waals surface area contributed by atoms with Crippen molar-refractivity contribution in [3.8, 4) is 5.75 Å². The van der Waals surface area contributed by atoms with E-state index in [0.717, 1.165) is 0 Å². The van der Waals surface area contributed by atoms with Gasteiger partial charge in [0.25, 0.3) is 5.91 Å². The number of pyridine rings is 1. The predicted molar refractivity (Wildman–Crippen MR) is 162 cm³/mol. The van der Waals surface area contributed by atoms with Crippen LogP contribution in [0.4, 0.5) is 26.7 Å². The van der Waals surface area contributed by atoms with Gasteiger partial charge in [-0.2, -0.15) is 0 Å². The van der Waals surface area contributed by atoms with Crippen molar-refractivity contribution >= 4 is 41.0 Å². The van der Waals surface area contributed by atoms with Crippen molar-refractivity contribution in [2.75, 3.05) is 29.7 Å². The molecule has 4 N–H and O–H groups in total. The second-order valence-corrected chi connectivity index (χ2v) is 10.1. The third-order valence-electron chi connectivity index (χ3n) is 5.71. The van der Waals surface area contributed by atoms with Gasteiger partial charge in [-0.3, -0.25) is 15.1 Å². The lowest BCUT2D eigenvalue weighted by atomic mass is 10.0. The van der Waals surface area contributed by atoms with E-state index in [4.69, 9.17) is 14.2 Å². The van der Waals surface area contributed by atoms with Crippen molar-refractivity contribution in [2.24, 2.45) is 0 Å². The molecule has 43 heavy (non-hydrogen) atoms. The summed E-state index contributed by atoms with van der Waals surface area (Å²) >= 11 is 0. The molecule has 1 aromatic heterocycles. The zero-order valence-electron chi connectivity index (χ0n) is 24.6. The molecule has 2 aromatic carbocycles. The lowest BCUT2D eigenvalue weighted by molar-refractivity contribution is 0.0635. The van der Waals surface area contributed by atoms with Crippen LogP contribution in [0.1, 0.15) is 56.2 Å². The summed E-state index contributed by atoms with van der Waals surface area (Å²) in [7, 11) is 1.54. The first-order valence-electron chi connectivity index (χ1n) is 13.5. The lowest BCUT2D eigenvalue weighted by Gasteiger charge is -2.21. The largest absolute Gasteiger partial charge is 0.497 e. The minimum atomic E-state index is -0.732. The number of carbonyl (C=O) groups excluding carboxylic acids is 4. The zero-order valence-corrected chi connectivity index (χ0v) is 24.6. The Kier molecular flexibility index (Phi) is 11.3. The minimum absolute atomic E-state index is 0.00427. The molecule has 0 fully saturated rings. The Labute approximate surface area is 249 Å². The monoisotopic (exact) mass is 589 g/mol. The number of urea groups is 1. The van der Waals surface area contributed by atoms with Crippen LogP contribution in [0.5, 0.6) is 5.75 Å². The van der Waals surface area contributed by atoms with Crippen LogP contribution in [0.15, 0.2) is 72.6 Å². The van der Waals surface area contributed by atoms with Crippen LogP contribution in [-0.2, 0) is 14.3 Å². The molecule has 0 bridgehead atoms. The average molecular weight is 590 g/mol. The molecule has 1 unspecified atom stereocenters. The van der Waals surface area contributed by atoms with Crippen LogP contribution in [0.3, 0.4) is 0 Å². The molecule has 0 aliphatic carbocycles. The van der Waals surface area contributed by atoms with Crippen LogP contribution in [0, 0.1) is 0 Å². The summed E-state index contributed by atoms with van der Waals surface area (Å²) in [6, 6.07) is 15.3. The third-order valence-corrected chi connectivity index (χ3v) is 5.71. The summed E-state index contributed by atoms with van der Waals surface area (Å²) in [6.45, 7) is 7.21. The quantitative estimate of drug-likeness (QED) is 0.164. The van der Waals surface area contributed by atoms with Crippen molar-refractivity contribution in [3.63, 3.8) is 0 Å². The van der Waals surface area contributed by atoms with Gasteiger partial charge in [-0.15, -0.1) is 0 Å². The van der Waals surface area contributed by atoms with Gasteiger partial charge >= 0.3 is 12.1 Å². The molecule has 12 heteroatoms. The van der Waals surface area contributed by atoms with Crippen LogP contribution in [0.25, 0.3) is 0 Å². The molecular weight excluding hydrogens is 554 g/mol. The summed E-state index contributed by atoms with van der Waals surface area (Å²) in [5, 5.41) is 10.9. The second kappa shape index (κ2) is 15.0. The molecule has 0 saturated heterocycles. The number of rotatable bonds is 11. The Morgan fingerprint density at radius 1 is 0.930 bits per heavy atom. The van der Waals surface area contributed by atoms with E-state index < -0.39 is 29.7 Å². The highest BCUT2D eigenvalue weighted by atomic mass is 16.6. The fourth-order valence-corrected chi connectivity index (χ4v) is 3.79. The molecule has 3 rings (SSSR count). The van der Waals surface area contributed by atoms with E-state index in [1.54, 1.807) is 95.3 Å². The molecule has 0 aliphatic heterocycles. The summed E-state index contributed by atoms with van der Waals surface area (Å²) in [5.41, 5.74) is 1.12. The fourth-order valence-electron chi connectivity index (χ4n) is 3.79. The van der Waals surface area contributed by atoms with Crippen LogP contribution < -0.4 is 26.0 Å². The normalized spacial score (nSPS) is 11.3. The van der Waals surface area contributed by atoms with Gasteiger partial charge in [0, 0.05) is 18.3 Å². The minimum Gasteiger partial charge on any atom is -0.497 e. The number of aromatic nitrogens is 1. The van der Waals surface area contributed by atoms with Crippen LogP contribution in [-0.4, -0.2) is 48.3 Å². The van der Waals surface area contributed by atoms with Gasteiger partial charge in [0.2, 0.25) is 0 Å². The highest BCUT2D eigenvalue weighted by Gasteiger charge is 2.21. The van der Waals surface area contributed by atoms with Crippen molar-refractivity contribution in [3.05, 3.63) is 83.9 Å². The number of ether oxygens (including phenoxy) is 3. The van der Waals surface area contributed by atoms with Gasteiger partial charge < -0.3 is 30.2 Å². The smallest absolute Gasteiger partial charge is 0.412 e. The lowest BCUT2D eigenvalue weighted by Crippen LogP contribution is -2.33. The predicted octanol–water partition coefficient (Wildman–Crippen LogP) is 5.69. The summed E-state index contributed by atoms with van der Waals surface area (Å²) in [4.78, 5) is 53.8. The van der Waals surface area contributed by atoms with E-state index in [1.807, 2.05) is 0 Å². The average Bonchev–Trinajstić information content (AvgIpc) is 2.97. The maximum absolute atomic E-state index is 13.0. The standard InChI is InChI=1S/C31H35N5O7/c1-6-42-23(19-37)17-27(35-29(39)33-21-12-14-22(41-5)15-13-21)20-11-16-26(32-18-20)28(38)34-24-9-7-8-10-25(24)36-30(40)43-31(2,3)4/h7-16,18,27H,6,17H2,1-5H3,(H,34,38)(H,36,40)(H2,33,35,39). The Morgan fingerprint density at radius 2 is 1.60 bits per heavy atom. The zero-order chi connectivity index (χ0) is 31.4. The molecule has 226 valence electrons. The number of amides is 4. The Hall–Kier alpha value is -5.35. The third kappa shape index (κ3) is 10.2. The first kappa shape index (κ1) is 32.2. The van der Waals surface area contributed by atoms with E-state index in [9.17, 15) is 19.2 Å². The number of methoxy groups -OCH3 is 1. The van der Waals surface area contributed by atoms with Gasteiger partial charge in [-0.1, -0.05) is 18.2 Å². The molecule has 0 saturated carbocycles. The number of nitrogens with one attached hydrogen (secondary N) is 4. The van der Waals surface area contributed by atoms with Crippen LogP contribution in [0.2, 0.25) is 0 Å². The fraction of sp³-hybridized carbons (Fsp3) is 0.290. The Bertz CT molecular complexity index is 1460. The highest BCUT2D eigenvalue weighted by Crippen LogP contribution is 2.24. The summed E-state index contributed by atoms with van der Waals surface area (Å²) in [5.74, 6) is 1.89. The molecular formula is C31H35N5O7. The second-order valence-electron chi connectivity index (χ2n) is 10.1. The maximum atomic E-state index is 13.0. The molecule has 1 atom stereocenters. The number of carbonyl (C=O) groups is 3. The Balaban J connectivity index is 1.75. The van der Waals surface area contributed by atoms with Gasteiger partial charge in [0.15, 0.2) is 11.7 Å². The van der Waals surface area contributed by atoms with Crippen molar-refractivity contribution < 1.29 is 33.4 Å². The summed E-state index contributed by atoms with van der Waals surface area (Å²) < 4.78 is 15.8. The van der Waals surface area contributed by atoms with E-state index in [0.29, 0.717) is 28.4 Å². The van der Waals surface area contributed by atoms with Crippen LogP contribution >= 0.6 is 0 Å². The Morgan fingerprint density at radius 3 is 2.16 bits per heavy atom. The number of para-hydroxylation sites is 2. The number of anilines is 3. The van der Waals surface area contributed by atoms with Gasteiger partial charge in [-0.05, 0) is 75.7 Å². The van der Waals surface area contributed by atoms with Crippen molar-refractivity contribution in [1.29, 1.82) is 0 Å². The van der Waals surface area contributed by atoms with Crippen molar-refractivity contribution in [2.45, 2.75) is 45.8 Å². The maximum Gasteiger partial charge on any atom is 0.412 e. The highest BCUT2D eigenvalue weighted by molar-refractivity contribution is 6.05. The molecule has 0 spiro atoms. The molecule has 1 heterocycles. The van der Waals surface area contributed by atoms with E-state index in [2.05, 4.69) is 26.3 Å². The molecule has 4 amide bonds. The van der Waals surface area contributed by atoms with Gasteiger partial charge in [-0.25, -0.2) is 14.4 Å². The summed E-state index contributed by atoms with van der Waals surface area (Å²) in [6.07, 6.45) is 0.763. The number of hydrogen-bond donors (Lipinski definition) is 4. The number of nitrogens with zero attached hydrogens (tertiary/aromatic N) is 1. The number of hydrogen-bond acceptors (Lipinski definition) is 8. The van der Waals surface area contributed by atoms with Gasteiger partial charge in [0.1, 0.15) is 17.0 Å². The topological polar surface area (TPSA) is 157 Å². The molecule has 0 aliphatic rings. The van der Waals surface area contributed by atoms with Crippen molar-refractivity contribution in [1.82, 2.24) is 10.3 Å². The first-order valence-corrected chi connectivity index (χ1v) is 13.5. The number of benzene rings is 2. The molecule has 0 radical (unpaired) electrons. The first-order chi connectivity index (χ1) is 20.5. The molecule has 12 nitrogen and oxygen atoms in total. The van der Waals surface area contributed by atoms with Gasteiger partial charge in [0.05, 0.1) is 31.1 Å². The molecule has 3 aromatic rings. The van der Waals surface area contributed by atoms with E-state index in [1.165, 1.54) is 12.3 Å².